The second kappa shape index (κ2) is 4.97. The Morgan fingerprint density at radius 3 is 2.71 bits per heavy atom. The highest BCUT2D eigenvalue weighted by atomic mass is 16.5. The number of piperidine rings is 1. The first kappa shape index (κ1) is 12.9. The molecule has 17 heavy (non-hydrogen) atoms. The third-order valence-corrected chi connectivity index (χ3v) is 4.44. The molecule has 0 spiro atoms. The van der Waals surface area contributed by atoms with Gasteiger partial charge in [0.15, 0.2) is 0 Å². The summed E-state index contributed by atoms with van der Waals surface area (Å²) in [6.45, 7) is 6.00. The van der Waals surface area contributed by atoms with E-state index in [1.807, 2.05) is 13.8 Å². The summed E-state index contributed by atoms with van der Waals surface area (Å²) in [5, 5.41) is 0. The number of carbonyl (C=O) groups excluding carboxylic acids is 1. The topological polar surface area (TPSA) is 29.5 Å². The van der Waals surface area contributed by atoms with Gasteiger partial charge in [0.05, 0.1) is 12.5 Å². The fraction of sp³-hybridized carbons (Fsp3) is 0.929. The van der Waals surface area contributed by atoms with Crippen molar-refractivity contribution in [1.29, 1.82) is 0 Å². The molecule has 0 radical (unpaired) electrons. The van der Waals surface area contributed by atoms with Crippen LogP contribution < -0.4 is 0 Å². The fourth-order valence-electron chi connectivity index (χ4n) is 3.60. The molecule has 0 aromatic rings. The lowest BCUT2D eigenvalue weighted by atomic mass is 9.87. The molecule has 98 valence electrons. The van der Waals surface area contributed by atoms with E-state index in [1.165, 1.54) is 39.2 Å². The largest absolute Gasteiger partial charge is 0.469 e. The van der Waals surface area contributed by atoms with Gasteiger partial charge in [-0.05, 0) is 52.0 Å². The third kappa shape index (κ3) is 2.65. The van der Waals surface area contributed by atoms with Gasteiger partial charge in [-0.15, -0.1) is 0 Å². The Morgan fingerprint density at radius 1 is 1.29 bits per heavy atom. The molecule has 2 fully saturated rings. The van der Waals surface area contributed by atoms with Gasteiger partial charge in [0.1, 0.15) is 0 Å². The van der Waals surface area contributed by atoms with E-state index in [1.54, 1.807) is 0 Å². The molecule has 0 aromatic heterocycles. The van der Waals surface area contributed by atoms with E-state index in [0.29, 0.717) is 0 Å². The van der Waals surface area contributed by atoms with Crippen LogP contribution in [0.4, 0.5) is 0 Å². The summed E-state index contributed by atoms with van der Waals surface area (Å²) in [5.74, 6) is 0.801. The number of rotatable bonds is 3. The molecule has 2 unspecified atom stereocenters. The summed E-state index contributed by atoms with van der Waals surface area (Å²) < 4.78 is 4.90. The van der Waals surface area contributed by atoms with Crippen LogP contribution in [-0.2, 0) is 9.53 Å². The molecule has 1 saturated carbocycles. The molecule has 0 amide bonds. The molecule has 1 saturated heterocycles. The molecule has 2 rings (SSSR count). The molecule has 1 heterocycles. The van der Waals surface area contributed by atoms with Crippen molar-refractivity contribution in [2.45, 2.75) is 52.0 Å². The average molecular weight is 239 g/mol. The van der Waals surface area contributed by atoms with Crippen LogP contribution in [0.25, 0.3) is 0 Å². The fourth-order valence-corrected chi connectivity index (χ4v) is 3.60. The molecular weight excluding hydrogens is 214 g/mol. The smallest absolute Gasteiger partial charge is 0.312 e. The minimum atomic E-state index is -0.376. The van der Waals surface area contributed by atoms with Gasteiger partial charge >= 0.3 is 5.97 Å². The Kier molecular flexibility index (Phi) is 3.76. The van der Waals surface area contributed by atoms with Gasteiger partial charge in [-0.25, -0.2) is 0 Å². The highest BCUT2D eigenvalue weighted by molar-refractivity contribution is 5.76. The quantitative estimate of drug-likeness (QED) is 0.709. The minimum absolute atomic E-state index is 0.0855. The summed E-state index contributed by atoms with van der Waals surface area (Å²) in [6.07, 6.45) is 6.75. The van der Waals surface area contributed by atoms with Gasteiger partial charge in [0.25, 0.3) is 0 Å². The first-order valence-corrected chi connectivity index (χ1v) is 6.87. The van der Waals surface area contributed by atoms with Crippen molar-refractivity contribution >= 4 is 5.97 Å². The zero-order valence-corrected chi connectivity index (χ0v) is 11.4. The van der Waals surface area contributed by atoms with Gasteiger partial charge in [-0.1, -0.05) is 6.42 Å². The number of carbonyl (C=O) groups is 1. The van der Waals surface area contributed by atoms with E-state index in [2.05, 4.69) is 4.90 Å². The first-order chi connectivity index (χ1) is 8.04. The number of fused-ring (bicyclic) bond motifs is 1. The second-order valence-electron chi connectivity index (χ2n) is 6.25. The Morgan fingerprint density at radius 2 is 2.00 bits per heavy atom. The van der Waals surface area contributed by atoms with Crippen molar-refractivity contribution in [1.82, 2.24) is 4.90 Å². The summed E-state index contributed by atoms with van der Waals surface area (Å²) in [7, 11) is 1.48. The first-order valence-electron chi connectivity index (χ1n) is 6.87. The predicted octanol–water partition coefficient (Wildman–Crippen LogP) is 2.45. The Bertz CT molecular complexity index is 288. The van der Waals surface area contributed by atoms with Crippen molar-refractivity contribution in [3.63, 3.8) is 0 Å². The highest BCUT2D eigenvalue weighted by Crippen LogP contribution is 2.38. The van der Waals surface area contributed by atoms with Crippen molar-refractivity contribution in [2.75, 3.05) is 20.2 Å². The van der Waals surface area contributed by atoms with Gasteiger partial charge in [0, 0.05) is 12.6 Å². The minimum Gasteiger partial charge on any atom is -0.469 e. The second-order valence-corrected chi connectivity index (χ2v) is 6.25. The molecule has 2 aliphatic rings. The lowest BCUT2D eigenvalue weighted by Gasteiger charge is -2.41. The molecule has 0 aromatic carbocycles. The number of ether oxygens (including phenoxy) is 1. The molecule has 1 aliphatic heterocycles. The maximum atomic E-state index is 11.8. The maximum Gasteiger partial charge on any atom is 0.312 e. The number of nitrogens with zero attached hydrogens (tertiary/aromatic N) is 1. The van der Waals surface area contributed by atoms with Crippen LogP contribution in [0, 0.1) is 11.3 Å². The average Bonchev–Trinajstić information content (AvgIpc) is 2.76. The lowest BCUT2D eigenvalue weighted by Crippen LogP contribution is -2.48. The number of likely N-dealkylation sites (tertiary alicyclic amines) is 1. The van der Waals surface area contributed by atoms with E-state index in [-0.39, 0.29) is 11.4 Å². The van der Waals surface area contributed by atoms with Crippen LogP contribution in [-0.4, -0.2) is 37.1 Å². The zero-order chi connectivity index (χ0) is 12.5. The maximum absolute atomic E-state index is 11.8. The highest BCUT2D eigenvalue weighted by Gasteiger charge is 2.39. The normalized spacial score (nSPS) is 30.1. The molecule has 2 atom stereocenters. The lowest BCUT2D eigenvalue weighted by molar-refractivity contribution is -0.152. The van der Waals surface area contributed by atoms with Crippen molar-refractivity contribution in [2.24, 2.45) is 11.3 Å². The number of esters is 1. The summed E-state index contributed by atoms with van der Waals surface area (Å²) in [4.78, 5) is 14.3. The van der Waals surface area contributed by atoms with Crippen molar-refractivity contribution < 1.29 is 9.53 Å². The summed E-state index contributed by atoms with van der Waals surface area (Å²) >= 11 is 0. The number of hydrogen-bond acceptors (Lipinski definition) is 3. The number of methoxy groups -OCH3 is 1. The SMILES string of the molecule is COC(=O)C(C)(C)CN1CCCC2CCCC21. The Hall–Kier alpha value is -0.570. The van der Waals surface area contributed by atoms with Crippen molar-refractivity contribution in [3.8, 4) is 0 Å². The van der Waals surface area contributed by atoms with Crippen LogP contribution >= 0.6 is 0 Å². The Balaban J connectivity index is 2.00. The van der Waals surface area contributed by atoms with Gasteiger partial charge in [-0.2, -0.15) is 0 Å². The monoisotopic (exact) mass is 239 g/mol. The van der Waals surface area contributed by atoms with Gasteiger partial charge in [0.2, 0.25) is 0 Å². The molecule has 0 bridgehead atoms. The standard InChI is InChI=1S/C14H25NO2/c1-14(2,13(16)17-3)10-15-9-5-7-11-6-4-8-12(11)15/h11-12H,4-10H2,1-3H3. The summed E-state index contributed by atoms with van der Waals surface area (Å²) in [5.41, 5.74) is -0.376. The summed E-state index contributed by atoms with van der Waals surface area (Å²) in [6, 6.07) is 0.729. The van der Waals surface area contributed by atoms with Crippen LogP contribution in [0.3, 0.4) is 0 Å². The predicted molar refractivity (Wildman–Crippen MR) is 67.7 cm³/mol. The van der Waals surface area contributed by atoms with E-state index in [9.17, 15) is 4.79 Å². The van der Waals surface area contributed by atoms with Crippen LogP contribution in [0.15, 0.2) is 0 Å². The van der Waals surface area contributed by atoms with Crippen LogP contribution in [0.1, 0.15) is 46.0 Å². The van der Waals surface area contributed by atoms with Gasteiger partial charge in [-0.3, -0.25) is 9.69 Å². The van der Waals surface area contributed by atoms with Gasteiger partial charge < -0.3 is 4.74 Å². The zero-order valence-electron chi connectivity index (χ0n) is 11.4. The van der Waals surface area contributed by atoms with E-state index in [4.69, 9.17) is 4.74 Å². The van der Waals surface area contributed by atoms with Crippen molar-refractivity contribution in [3.05, 3.63) is 0 Å². The molecular formula is C14H25NO2. The third-order valence-electron chi connectivity index (χ3n) is 4.44. The van der Waals surface area contributed by atoms with E-state index < -0.39 is 0 Å². The molecule has 3 nitrogen and oxygen atoms in total. The molecule has 3 heteroatoms. The number of hydrogen-bond donors (Lipinski definition) is 0. The van der Waals surface area contributed by atoms with Crippen LogP contribution in [0.2, 0.25) is 0 Å². The molecule has 0 N–H and O–H groups in total. The Labute approximate surface area is 105 Å². The van der Waals surface area contributed by atoms with E-state index >= 15 is 0 Å². The van der Waals surface area contributed by atoms with Crippen LogP contribution in [0.5, 0.6) is 0 Å². The van der Waals surface area contributed by atoms with E-state index in [0.717, 1.165) is 25.0 Å². The molecule has 1 aliphatic carbocycles.